The lowest BCUT2D eigenvalue weighted by atomic mass is 9.90. The van der Waals surface area contributed by atoms with E-state index in [1.54, 1.807) is 0 Å². The van der Waals surface area contributed by atoms with E-state index in [0.717, 1.165) is 49.8 Å². The number of aryl methyl sites for hydroxylation is 3. The Morgan fingerprint density at radius 3 is 2.36 bits per heavy atom. The third-order valence-electron chi connectivity index (χ3n) is 6.22. The number of rotatable bonds is 15. The van der Waals surface area contributed by atoms with Crippen LogP contribution in [0.3, 0.4) is 0 Å². The van der Waals surface area contributed by atoms with E-state index < -0.39 is 7.60 Å². The molecule has 1 unspecified atom stereocenters. The highest BCUT2D eigenvalue weighted by Crippen LogP contribution is 2.35. The lowest BCUT2D eigenvalue weighted by molar-refractivity contribution is 0.287. The van der Waals surface area contributed by atoms with Gasteiger partial charge in [-0.3, -0.25) is 4.57 Å². The molecule has 0 saturated heterocycles. The second-order valence-corrected chi connectivity index (χ2v) is 11.4. The Kier molecular flexibility index (Phi) is 12.0. The molecule has 0 aromatic heterocycles. The third-order valence-corrected chi connectivity index (χ3v) is 7.41. The van der Waals surface area contributed by atoms with Crippen molar-refractivity contribution in [2.24, 2.45) is 5.92 Å². The molecule has 0 radical (unpaired) electrons. The molecule has 2 aromatic carbocycles. The van der Waals surface area contributed by atoms with Crippen LogP contribution >= 0.6 is 19.2 Å². The second-order valence-electron chi connectivity index (χ2n) is 9.23. The minimum Gasteiger partial charge on any atom is -0.492 e. The zero-order valence-electron chi connectivity index (χ0n) is 20.4. The molecule has 4 nitrogen and oxygen atoms in total. The van der Waals surface area contributed by atoms with E-state index in [1.165, 1.54) is 29.5 Å². The molecule has 2 N–H and O–H groups in total. The SMILES string of the molecule is CCCC(CCCOc1ccc(CCCCCP(=O)(O)O)cc1Cl)Cc1ccc(C)c(C)c1. The molecular formula is C27H40ClO4P. The summed E-state index contributed by atoms with van der Waals surface area (Å²) in [7, 11) is -3.88. The maximum Gasteiger partial charge on any atom is 0.325 e. The molecule has 0 bridgehead atoms. The number of unbranched alkanes of at least 4 members (excludes halogenated alkanes) is 2. The number of hydrogen-bond acceptors (Lipinski definition) is 2. The molecule has 184 valence electrons. The Morgan fingerprint density at radius 1 is 0.939 bits per heavy atom. The van der Waals surface area contributed by atoms with E-state index in [9.17, 15) is 4.57 Å². The van der Waals surface area contributed by atoms with Gasteiger partial charge in [0.25, 0.3) is 0 Å². The van der Waals surface area contributed by atoms with Crippen LogP contribution in [0.4, 0.5) is 0 Å². The highest BCUT2D eigenvalue weighted by atomic mass is 35.5. The monoisotopic (exact) mass is 494 g/mol. The van der Waals surface area contributed by atoms with E-state index >= 15 is 0 Å². The molecule has 0 heterocycles. The Bertz CT molecular complexity index is 909. The topological polar surface area (TPSA) is 66.8 Å². The molecule has 0 aliphatic heterocycles. The normalized spacial score (nSPS) is 12.7. The van der Waals surface area contributed by atoms with Crippen molar-refractivity contribution in [3.63, 3.8) is 0 Å². The molecule has 6 heteroatoms. The van der Waals surface area contributed by atoms with Crippen molar-refractivity contribution in [2.45, 2.75) is 78.6 Å². The quantitative estimate of drug-likeness (QED) is 0.197. The van der Waals surface area contributed by atoms with Gasteiger partial charge in [0, 0.05) is 6.16 Å². The van der Waals surface area contributed by atoms with Gasteiger partial charge in [0.1, 0.15) is 5.75 Å². The van der Waals surface area contributed by atoms with Crippen molar-refractivity contribution in [1.29, 1.82) is 0 Å². The number of hydrogen-bond donors (Lipinski definition) is 2. The zero-order chi connectivity index (χ0) is 24.3. The average Bonchev–Trinajstić information content (AvgIpc) is 2.74. The first-order valence-corrected chi connectivity index (χ1v) is 14.4. The average molecular weight is 495 g/mol. The fourth-order valence-electron chi connectivity index (χ4n) is 4.22. The van der Waals surface area contributed by atoms with Gasteiger partial charge in [-0.25, -0.2) is 0 Å². The predicted molar refractivity (Wildman–Crippen MR) is 139 cm³/mol. The van der Waals surface area contributed by atoms with Crippen LogP contribution in [0.1, 0.15) is 74.1 Å². The Hall–Kier alpha value is -1.32. The third kappa shape index (κ3) is 11.1. The van der Waals surface area contributed by atoms with Crippen LogP contribution in [0.15, 0.2) is 36.4 Å². The molecule has 0 aliphatic carbocycles. The van der Waals surface area contributed by atoms with Crippen molar-refractivity contribution in [3.05, 3.63) is 63.7 Å². The number of benzene rings is 2. The summed E-state index contributed by atoms with van der Waals surface area (Å²) in [6.07, 6.45) is 8.73. The number of ether oxygens (including phenoxy) is 1. The molecule has 0 aliphatic rings. The van der Waals surface area contributed by atoms with Crippen LogP contribution < -0.4 is 4.74 Å². The van der Waals surface area contributed by atoms with Crippen LogP contribution in [-0.2, 0) is 17.4 Å². The van der Waals surface area contributed by atoms with Crippen molar-refractivity contribution in [3.8, 4) is 5.75 Å². The molecular weight excluding hydrogens is 455 g/mol. The van der Waals surface area contributed by atoms with Crippen molar-refractivity contribution in [1.82, 2.24) is 0 Å². The lowest BCUT2D eigenvalue weighted by Crippen LogP contribution is -2.08. The highest BCUT2D eigenvalue weighted by Gasteiger charge is 2.12. The first-order valence-electron chi connectivity index (χ1n) is 12.2. The second kappa shape index (κ2) is 14.2. The summed E-state index contributed by atoms with van der Waals surface area (Å²) >= 11 is 6.43. The van der Waals surface area contributed by atoms with Crippen LogP contribution in [-0.4, -0.2) is 22.6 Å². The lowest BCUT2D eigenvalue weighted by Gasteiger charge is -2.17. The molecule has 0 spiro atoms. The molecule has 0 saturated carbocycles. The van der Waals surface area contributed by atoms with Crippen LogP contribution in [0.5, 0.6) is 5.75 Å². The van der Waals surface area contributed by atoms with E-state index in [4.69, 9.17) is 26.1 Å². The van der Waals surface area contributed by atoms with E-state index in [2.05, 4.69) is 39.0 Å². The molecule has 33 heavy (non-hydrogen) atoms. The van der Waals surface area contributed by atoms with E-state index in [0.29, 0.717) is 24.0 Å². The maximum absolute atomic E-state index is 10.9. The van der Waals surface area contributed by atoms with Crippen LogP contribution in [0, 0.1) is 19.8 Å². The van der Waals surface area contributed by atoms with Crippen LogP contribution in [0.25, 0.3) is 0 Å². The summed E-state index contributed by atoms with van der Waals surface area (Å²) in [5.41, 5.74) is 5.27. The van der Waals surface area contributed by atoms with Gasteiger partial charge in [-0.1, -0.05) is 62.1 Å². The first kappa shape index (κ1) is 27.9. The van der Waals surface area contributed by atoms with Gasteiger partial charge in [-0.2, -0.15) is 0 Å². The van der Waals surface area contributed by atoms with Gasteiger partial charge in [-0.05, 0) is 92.7 Å². The Morgan fingerprint density at radius 2 is 1.70 bits per heavy atom. The maximum atomic E-state index is 10.9. The van der Waals surface area contributed by atoms with Gasteiger partial charge >= 0.3 is 7.60 Å². The number of halogens is 1. The predicted octanol–water partition coefficient (Wildman–Crippen LogP) is 7.67. The zero-order valence-corrected chi connectivity index (χ0v) is 22.0. The molecule has 0 fully saturated rings. The van der Waals surface area contributed by atoms with Crippen molar-refractivity contribution >= 4 is 19.2 Å². The minimum absolute atomic E-state index is 0.0374. The molecule has 0 amide bonds. The summed E-state index contributed by atoms with van der Waals surface area (Å²) in [6.45, 7) is 7.26. The van der Waals surface area contributed by atoms with E-state index in [1.807, 2.05) is 18.2 Å². The summed E-state index contributed by atoms with van der Waals surface area (Å²) in [5.74, 6) is 1.40. The highest BCUT2D eigenvalue weighted by molar-refractivity contribution is 7.51. The standard InChI is InChI=1S/C27H40ClO4P/c1-4-9-23(19-25-13-12-21(2)22(3)18-25)11-8-16-32-27-15-14-24(20-26(27)28)10-6-5-7-17-33(29,30)31/h12-15,18,20,23H,4-11,16-17,19H2,1-3H3,(H2,29,30,31). The van der Waals surface area contributed by atoms with Gasteiger partial charge in [0.15, 0.2) is 0 Å². The summed E-state index contributed by atoms with van der Waals surface area (Å²) in [5, 5.41) is 0.628. The van der Waals surface area contributed by atoms with Crippen molar-refractivity contribution in [2.75, 3.05) is 12.8 Å². The Balaban J connectivity index is 1.74. The summed E-state index contributed by atoms with van der Waals surface area (Å²) in [6, 6.07) is 12.7. The Labute approximate surface area is 204 Å². The smallest absolute Gasteiger partial charge is 0.325 e. The van der Waals surface area contributed by atoms with Crippen LogP contribution in [0.2, 0.25) is 5.02 Å². The largest absolute Gasteiger partial charge is 0.492 e. The summed E-state index contributed by atoms with van der Waals surface area (Å²) < 4.78 is 16.9. The van der Waals surface area contributed by atoms with Gasteiger partial charge < -0.3 is 14.5 Å². The first-order chi connectivity index (χ1) is 15.7. The van der Waals surface area contributed by atoms with Gasteiger partial charge in [0.05, 0.1) is 11.6 Å². The van der Waals surface area contributed by atoms with Gasteiger partial charge in [0.2, 0.25) is 0 Å². The minimum atomic E-state index is -3.88. The van der Waals surface area contributed by atoms with Gasteiger partial charge in [-0.15, -0.1) is 0 Å². The fraction of sp³-hybridized carbons (Fsp3) is 0.556. The fourth-order valence-corrected chi connectivity index (χ4v) is 5.11. The molecule has 2 aromatic rings. The summed E-state index contributed by atoms with van der Waals surface area (Å²) in [4.78, 5) is 17.8. The van der Waals surface area contributed by atoms with Crippen molar-refractivity contribution < 1.29 is 19.1 Å². The molecule has 1 atom stereocenters. The van der Waals surface area contributed by atoms with E-state index in [-0.39, 0.29) is 6.16 Å². The molecule has 2 rings (SSSR count).